The van der Waals surface area contributed by atoms with Gasteiger partial charge in [0.15, 0.2) is 11.6 Å². The lowest BCUT2D eigenvalue weighted by Gasteiger charge is -2.22. The van der Waals surface area contributed by atoms with Crippen LogP contribution >= 0.6 is 0 Å². The molecule has 0 spiro atoms. The van der Waals surface area contributed by atoms with Crippen molar-refractivity contribution >= 4 is 11.6 Å². The molecule has 2 heterocycles. The molecule has 0 saturated heterocycles. The summed E-state index contributed by atoms with van der Waals surface area (Å²) in [5.41, 5.74) is 3.28. The van der Waals surface area contributed by atoms with Gasteiger partial charge in [0.05, 0.1) is 22.5 Å². The monoisotopic (exact) mass is 338 g/mol. The summed E-state index contributed by atoms with van der Waals surface area (Å²) in [6, 6.07) is 18.4. The van der Waals surface area contributed by atoms with Crippen LogP contribution in [0.25, 0.3) is 11.4 Å². The highest BCUT2D eigenvalue weighted by molar-refractivity contribution is 6.30. The van der Waals surface area contributed by atoms with Crippen molar-refractivity contribution in [2.45, 2.75) is 0 Å². The molecule has 2 aromatic heterocycles. The maximum atomic E-state index is 13.3. The van der Waals surface area contributed by atoms with E-state index in [0.717, 1.165) is 11.4 Å². The Hall–Kier alpha value is -3.66. The summed E-state index contributed by atoms with van der Waals surface area (Å²) in [6.45, 7) is 0. The lowest BCUT2D eigenvalue weighted by atomic mass is 9.82. The van der Waals surface area contributed by atoms with Crippen LogP contribution in [0, 0.1) is 0 Å². The van der Waals surface area contributed by atoms with Crippen LogP contribution in [0.4, 0.5) is 0 Å². The van der Waals surface area contributed by atoms with Gasteiger partial charge in [0.1, 0.15) is 0 Å². The Bertz CT molecular complexity index is 1060. The highest BCUT2D eigenvalue weighted by Gasteiger charge is 2.33. The molecule has 4 aromatic rings. The zero-order valence-electron chi connectivity index (χ0n) is 13.8. The van der Waals surface area contributed by atoms with E-state index >= 15 is 0 Å². The Labute approximate surface area is 149 Å². The fourth-order valence-electron chi connectivity index (χ4n) is 3.63. The summed E-state index contributed by atoms with van der Waals surface area (Å²) in [6.07, 6.45) is 7.50. The van der Waals surface area contributed by atoms with E-state index in [1.54, 1.807) is 12.1 Å². The van der Waals surface area contributed by atoms with Crippen LogP contribution in [0.5, 0.6) is 0 Å². The summed E-state index contributed by atoms with van der Waals surface area (Å²) in [4.78, 5) is 26.6. The van der Waals surface area contributed by atoms with Gasteiger partial charge in [-0.15, -0.1) is 0 Å². The summed E-state index contributed by atoms with van der Waals surface area (Å²) >= 11 is 0. The van der Waals surface area contributed by atoms with Crippen molar-refractivity contribution in [1.82, 2.24) is 9.13 Å². The second kappa shape index (κ2) is 5.43. The number of hydrogen-bond acceptors (Lipinski definition) is 2. The third-order valence-electron chi connectivity index (χ3n) is 4.79. The molecular formula is C22H14N2O2. The molecule has 26 heavy (non-hydrogen) atoms. The molecule has 5 rings (SSSR count). The number of nitrogens with zero attached hydrogens (tertiary/aromatic N) is 2. The number of aromatic nitrogens is 2. The average molecular weight is 338 g/mol. The number of carbonyl (C=O) groups is 2. The van der Waals surface area contributed by atoms with Gasteiger partial charge in [-0.2, -0.15) is 0 Å². The first-order valence-electron chi connectivity index (χ1n) is 8.38. The topological polar surface area (TPSA) is 44.0 Å². The van der Waals surface area contributed by atoms with Gasteiger partial charge < -0.3 is 9.13 Å². The van der Waals surface area contributed by atoms with Crippen molar-refractivity contribution in [2.75, 3.05) is 0 Å². The fourth-order valence-corrected chi connectivity index (χ4v) is 3.63. The Balaban J connectivity index is 1.79. The lowest BCUT2D eigenvalue weighted by Crippen LogP contribution is -2.24. The normalized spacial score (nSPS) is 12.8. The van der Waals surface area contributed by atoms with E-state index in [0.29, 0.717) is 22.3 Å². The van der Waals surface area contributed by atoms with Crippen molar-refractivity contribution < 1.29 is 9.59 Å². The molecule has 0 radical (unpaired) electrons. The molecule has 1 aliphatic carbocycles. The molecule has 4 heteroatoms. The largest absolute Gasteiger partial charge is 0.323 e. The SMILES string of the molecule is O=C1c2cccc(-n3cccc3)c2C(=O)c2cccc(-n3cccc3)c21. The van der Waals surface area contributed by atoms with Crippen molar-refractivity contribution in [3.8, 4) is 11.4 Å². The van der Waals surface area contributed by atoms with E-state index < -0.39 is 0 Å². The van der Waals surface area contributed by atoms with Gasteiger partial charge in [0.2, 0.25) is 0 Å². The molecule has 0 N–H and O–H groups in total. The van der Waals surface area contributed by atoms with E-state index in [9.17, 15) is 9.59 Å². The van der Waals surface area contributed by atoms with Gasteiger partial charge in [-0.1, -0.05) is 24.3 Å². The molecular weight excluding hydrogens is 324 g/mol. The highest BCUT2D eigenvalue weighted by atomic mass is 16.1. The van der Waals surface area contributed by atoms with Crippen LogP contribution in [0.2, 0.25) is 0 Å². The van der Waals surface area contributed by atoms with E-state index in [-0.39, 0.29) is 11.6 Å². The summed E-state index contributed by atoms with van der Waals surface area (Å²) in [5, 5.41) is 0. The van der Waals surface area contributed by atoms with Gasteiger partial charge in [-0.3, -0.25) is 9.59 Å². The van der Waals surface area contributed by atoms with Crippen molar-refractivity contribution in [2.24, 2.45) is 0 Å². The first-order valence-corrected chi connectivity index (χ1v) is 8.38. The van der Waals surface area contributed by atoms with E-state index in [1.807, 2.05) is 82.5 Å². The third kappa shape index (κ3) is 1.96. The molecule has 0 saturated carbocycles. The van der Waals surface area contributed by atoms with E-state index in [1.165, 1.54) is 0 Å². The number of carbonyl (C=O) groups excluding carboxylic acids is 2. The lowest BCUT2D eigenvalue weighted by molar-refractivity contribution is 0.0979. The van der Waals surface area contributed by atoms with Crippen LogP contribution in [0.3, 0.4) is 0 Å². The van der Waals surface area contributed by atoms with Crippen LogP contribution in [0.15, 0.2) is 85.5 Å². The Kier molecular flexibility index (Phi) is 3.06. The maximum absolute atomic E-state index is 13.3. The number of rotatable bonds is 2. The molecule has 0 atom stereocenters. The second-order valence-electron chi connectivity index (χ2n) is 6.24. The predicted octanol–water partition coefficient (Wildman–Crippen LogP) is 4.04. The molecule has 0 aliphatic heterocycles. The predicted molar refractivity (Wildman–Crippen MR) is 98.4 cm³/mol. The number of fused-ring (bicyclic) bond motifs is 2. The first-order chi connectivity index (χ1) is 12.8. The average Bonchev–Trinajstić information content (AvgIpc) is 3.39. The summed E-state index contributed by atoms with van der Waals surface area (Å²) < 4.78 is 3.73. The molecule has 0 fully saturated rings. The van der Waals surface area contributed by atoms with Crippen LogP contribution in [-0.4, -0.2) is 20.7 Å². The van der Waals surface area contributed by atoms with Gasteiger partial charge in [0, 0.05) is 35.9 Å². The van der Waals surface area contributed by atoms with Crippen LogP contribution in [0.1, 0.15) is 31.8 Å². The molecule has 2 aromatic carbocycles. The van der Waals surface area contributed by atoms with Crippen molar-refractivity contribution in [3.05, 3.63) is 108 Å². The molecule has 124 valence electrons. The Morgan fingerprint density at radius 1 is 0.500 bits per heavy atom. The highest BCUT2D eigenvalue weighted by Crippen LogP contribution is 2.34. The van der Waals surface area contributed by atoms with Crippen LogP contribution in [-0.2, 0) is 0 Å². The molecule has 0 unspecified atom stereocenters. The minimum absolute atomic E-state index is 0.118. The van der Waals surface area contributed by atoms with Gasteiger partial charge in [-0.05, 0) is 36.4 Å². The minimum atomic E-state index is -0.118. The van der Waals surface area contributed by atoms with E-state index in [4.69, 9.17) is 0 Å². The van der Waals surface area contributed by atoms with Crippen molar-refractivity contribution in [3.63, 3.8) is 0 Å². The molecule has 0 bridgehead atoms. The number of benzene rings is 2. The first kappa shape index (κ1) is 14.7. The van der Waals surface area contributed by atoms with Gasteiger partial charge in [0.25, 0.3) is 0 Å². The summed E-state index contributed by atoms with van der Waals surface area (Å²) in [5.74, 6) is -0.235. The second-order valence-corrected chi connectivity index (χ2v) is 6.24. The Morgan fingerprint density at radius 3 is 1.27 bits per heavy atom. The zero-order chi connectivity index (χ0) is 17.7. The molecule has 0 amide bonds. The number of ketones is 2. The zero-order valence-corrected chi connectivity index (χ0v) is 13.8. The quantitative estimate of drug-likeness (QED) is 0.487. The molecule has 4 nitrogen and oxygen atoms in total. The molecule has 1 aliphatic rings. The summed E-state index contributed by atoms with van der Waals surface area (Å²) in [7, 11) is 0. The fraction of sp³-hybridized carbons (Fsp3) is 0. The van der Waals surface area contributed by atoms with Gasteiger partial charge in [-0.25, -0.2) is 0 Å². The smallest absolute Gasteiger partial charge is 0.196 e. The maximum Gasteiger partial charge on any atom is 0.196 e. The minimum Gasteiger partial charge on any atom is -0.323 e. The van der Waals surface area contributed by atoms with Crippen LogP contribution < -0.4 is 0 Å². The number of hydrogen-bond donors (Lipinski definition) is 0. The standard InChI is InChI=1S/C22H14N2O2/c25-21-16-8-6-10-18(24-13-3-4-14-24)20(16)22(26)15-7-5-9-17(19(15)21)23-11-1-2-12-23/h1-14H. The van der Waals surface area contributed by atoms with E-state index in [2.05, 4.69) is 0 Å². The van der Waals surface area contributed by atoms with Crippen molar-refractivity contribution in [1.29, 1.82) is 0 Å². The Morgan fingerprint density at radius 2 is 0.885 bits per heavy atom. The third-order valence-corrected chi connectivity index (χ3v) is 4.79. The van der Waals surface area contributed by atoms with Gasteiger partial charge >= 0.3 is 0 Å².